The van der Waals surface area contributed by atoms with Gasteiger partial charge in [0.1, 0.15) is 0 Å². The largest absolute Gasteiger partial charge is 0.321 e. The molecule has 3 rings (SSSR count). The molecule has 0 aliphatic heterocycles. The highest BCUT2D eigenvalue weighted by Gasteiger charge is 2.37. The quantitative estimate of drug-likeness (QED) is 0.821. The zero-order valence-electron chi connectivity index (χ0n) is 9.79. The molecule has 0 heterocycles. The molecule has 2 aromatic carbocycles. The maximum Gasteiger partial charge on any atom is 0.163 e. The Morgan fingerprint density at radius 3 is 2.11 bits per heavy atom. The van der Waals surface area contributed by atoms with Crippen LogP contribution in [0.4, 0.5) is 8.78 Å². The maximum atomic E-state index is 13.9. The van der Waals surface area contributed by atoms with Crippen molar-refractivity contribution in [1.29, 1.82) is 0 Å². The third-order valence-electron chi connectivity index (χ3n) is 3.62. The predicted octanol–water partition coefficient (Wildman–Crippen LogP) is 2.92. The first-order valence-corrected chi connectivity index (χ1v) is 5.90. The van der Waals surface area contributed by atoms with Crippen LogP contribution in [0.25, 0.3) is 0 Å². The lowest BCUT2D eigenvalue weighted by molar-refractivity contribution is 0.419. The van der Waals surface area contributed by atoms with Crippen molar-refractivity contribution >= 4 is 0 Å². The number of benzene rings is 2. The van der Waals surface area contributed by atoms with Gasteiger partial charge >= 0.3 is 0 Å². The normalized spacial score (nSPS) is 16.6. The molecule has 18 heavy (non-hydrogen) atoms. The number of hydrogen-bond donors (Lipinski definition) is 1. The molecule has 0 saturated carbocycles. The first kappa shape index (κ1) is 11.4. The van der Waals surface area contributed by atoms with Crippen molar-refractivity contribution in [3.63, 3.8) is 0 Å². The molecule has 2 N–H and O–H groups in total. The second-order valence-corrected chi connectivity index (χ2v) is 4.88. The van der Waals surface area contributed by atoms with Crippen LogP contribution in [-0.4, -0.2) is 0 Å². The standard InChI is InChI=1S/C15H13F2N/c16-13-7-3-6-12(14(13)17)15(18)8-10-4-1-2-5-11(10)9-15/h1-7H,8-9,18H2. The predicted molar refractivity (Wildman–Crippen MR) is 66.1 cm³/mol. The van der Waals surface area contributed by atoms with Gasteiger partial charge in [-0.2, -0.15) is 0 Å². The fourth-order valence-corrected chi connectivity index (χ4v) is 2.72. The zero-order chi connectivity index (χ0) is 12.8. The van der Waals surface area contributed by atoms with Crippen LogP contribution in [-0.2, 0) is 18.4 Å². The lowest BCUT2D eigenvalue weighted by Crippen LogP contribution is -2.38. The van der Waals surface area contributed by atoms with Crippen LogP contribution in [0.2, 0.25) is 0 Å². The van der Waals surface area contributed by atoms with Crippen LogP contribution >= 0.6 is 0 Å². The number of halogens is 2. The number of rotatable bonds is 1. The smallest absolute Gasteiger partial charge is 0.163 e. The molecule has 0 radical (unpaired) electrons. The molecule has 0 saturated heterocycles. The summed E-state index contributed by atoms with van der Waals surface area (Å²) in [7, 11) is 0. The van der Waals surface area contributed by atoms with Crippen molar-refractivity contribution in [2.75, 3.05) is 0 Å². The lowest BCUT2D eigenvalue weighted by Gasteiger charge is -2.24. The molecule has 0 unspecified atom stereocenters. The van der Waals surface area contributed by atoms with Crippen LogP contribution in [0.3, 0.4) is 0 Å². The topological polar surface area (TPSA) is 26.0 Å². The summed E-state index contributed by atoms with van der Waals surface area (Å²) in [5, 5.41) is 0. The minimum atomic E-state index is -0.840. The second kappa shape index (κ2) is 3.89. The van der Waals surface area contributed by atoms with E-state index in [1.54, 1.807) is 6.07 Å². The summed E-state index contributed by atoms with van der Waals surface area (Å²) in [6, 6.07) is 12.0. The molecule has 0 fully saturated rings. The highest BCUT2D eigenvalue weighted by atomic mass is 19.2. The summed E-state index contributed by atoms with van der Waals surface area (Å²) in [6.45, 7) is 0. The van der Waals surface area contributed by atoms with Crippen LogP contribution in [0.5, 0.6) is 0 Å². The minimum Gasteiger partial charge on any atom is -0.321 e. The molecule has 1 aliphatic carbocycles. The third kappa shape index (κ3) is 1.63. The first-order chi connectivity index (χ1) is 8.60. The Morgan fingerprint density at radius 2 is 1.50 bits per heavy atom. The van der Waals surface area contributed by atoms with E-state index in [4.69, 9.17) is 5.73 Å². The highest BCUT2D eigenvalue weighted by Crippen LogP contribution is 2.37. The summed E-state index contributed by atoms with van der Waals surface area (Å²) in [6.07, 6.45) is 1.09. The van der Waals surface area contributed by atoms with Gasteiger partial charge in [-0.15, -0.1) is 0 Å². The van der Waals surface area contributed by atoms with E-state index in [0.29, 0.717) is 12.8 Å². The molecule has 3 heteroatoms. The second-order valence-electron chi connectivity index (χ2n) is 4.88. The Labute approximate surface area is 104 Å². The summed E-state index contributed by atoms with van der Waals surface area (Å²) >= 11 is 0. The minimum absolute atomic E-state index is 0.263. The van der Waals surface area contributed by atoms with E-state index in [1.807, 2.05) is 24.3 Å². The van der Waals surface area contributed by atoms with E-state index in [-0.39, 0.29) is 5.56 Å². The highest BCUT2D eigenvalue weighted by molar-refractivity contribution is 5.41. The molecular weight excluding hydrogens is 232 g/mol. The molecule has 1 aliphatic rings. The van der Waals surface area contributed by atoms with E-state index >= 15 is 0 Å². The first-order valence-electron chi connectivity index (χ1n) is 5.90. The monoisotopic (exact) mass is 245 g/mol. The Morgan fingerprint density at radius 1 is 0.889 bits per heavy atom. The lowest BCUT2D eigenvalue weighted by atomic mass is 9.87. The Hall–Kier alpha value is -1.74. The average Bonchev–Trinajstić information content (AvgIpc) is 2.69. The van der Waals surface area contributed by atoms with Crippen molar-refractivity contribution in [3.05, 3.63) is 70.8 Å². The van der Waals surface area contributed by atoms with Crippen LogP contribution < -0.4 is 5.73 Å². The Kier molecular flexibility index (Phi) is 2.45. The van der Waals surface area contributed by atoms with Crippen molar-refractivity contribution < 1.29 is 8.78 Å². The van der Waals surface area contributed by atoms with Gasteiger partial charge in [-0.3, -0.25) is 0 Å². The van der Waals surface area contributed by atoms with Crippen LogP contribution in [0, 0.1) is 11.6 Å². The molecule has 1 nitrogen and oxygen atoms in total. The van der Waals surface area contributed by atoms with Gasteiger partial charge in [-0.1, -0.05) is 36.4 Å². The molecule has 0 atom stereocenters. The number of fused-ring (bicyclic) bond motifs is 1. The summed E-state index contributed by atoms with van der Waals surface area (Å²) in [5.41, 5.74) is 7.95. The molecule has 0 amide bonds. The van der Waals surface area contributed by atoms with Gasteiger partial charge in [0.25, 0.3) is 0 Å². The molecule has 0 spiro atoms. The molecule has 92 valence electrons. The number of nitrogens with two attached hydrogens (primary N) is 1. The summed E-state index contributed by atoms with van der Waals surface area (Å²) < 4.78 is 27.2. The van der Waals surface area contributed by atoms with E-state index in [0.717, 1.165) is 17.2 Å². The molecule has 2 aromatic rings. The van der Waals surface area contributed by atoms with Gasteiger partial charge in [0, 0.05) is 5.56 Å². The van der Waals surface area contributed by atoms with Crippen LogP contribution in [0.15, 0.2) is 42.5 Å². The van der Waals surface area contributed by atoms with Gasteiger partial charge in [-0.05, 0) is 30.0 Å². The van der Waals surface area contributed by atoms with Crippen molar-refractivity contribution in [2.45, 2.75) is 18.4 Å². The van der Waals surface area contributed by atoms with E-state index in [1.165, 1.54) is 6.07 Å². The maximum absolute atomic E-state index is 13.9. The van der Waals surface area contributed by atoms with Crippen LogP contribution in [0.1, 0.15) is 16.7 Å². The van der Waals surface area contributed by atoms with Crippen molar-refractivity contribution in [1.82, 2.24) is 0 Å². The average molecular weight is 245 g/mol. The van der Waals surface area contributed by atoms with E-state index < -0.39 is 17.2 Å². The third-order valence-corrected chi connectivity index (χ3v) is 3.62. The summed E-state index contributed by atoms with van der Waals surface area (Å²) in [4.78, 5) is 0. The fraction of sp³-hybridized carbons (Fsp3) is 0.200. The Bertz CT molecular complexity index is 582. The zero-order valence-corrected chi connectivity index (χ0v) is 9.79. The summed E-state index contributed by atoms with van der Waals surface area (Å²) in [5.74, 6) is -1.67. The van der Waals surface area contributed by atoms with Crippen molar-refractivity contribution in [3.8, 4) is 0 Å². The van der Waals surface area contributed by atoms with Gasteiger partial charge in [0.05, 0.1) is 5.54 Å². The fourth-order valence-electron chi connectivity index (χ4n) is 2.72. The van der Waals surface area contributed by atoms with E-state index in [9.17, 15) is 8.78 Å². The number of hydrogen-bond acceptors (Lipinski definition) is 1. The molecule has 0 aromatic heterocycles. The molecule has 0 bridgehead atoms. The Balaban J connectivity index is 2.07. The van der Waals surface area contributed by atoms with Crippen molar-refractivity contribution in [2.24, 2.45) is 5.73 Å². The van der Waals surface area contributed by atoms with Gasteiger partial charge in [0.2, 0.25) is 0 Å². The van der Waals surface area contributed by atoms with Gasteiger partial charge in [-0.25, -0.2) is 8.78 Å². The van der Waals surface area contributed by atoms with Gasteiger partial charge < -0.3 is 5.73 Å². The van der Waals surface area contributed by atoms with Gasteiger partial charge in [0.15, 0.2) is 11.6 Å². The van der Waals surface area contributed by atoms with E-state index in [2.05, 4.69) is 0 Å². The molecular formula is C15H13F2N. The SMILES string of the molecule is NC1(c2cccc(F)c2F)Cc2ccccc2C1.